The summed E-state index contributed by atoms with van der Waals surface area (Å²) in [6.07, 6.45) is 0.232. The molecule has 1 unspecified atom stereocenters. The fourth-order valence-electron chi connectivity index (χ4n) is 2.69. The van der Waals surface area contributed by atoms with Crippen LogP contribution in [0.15, 0.2) is 48.5 Å². The number of rotatable bonds is 5. The molecule has 0 saturated carbocycles. The highest BCUT2D eigenvalue weighted by Gasteiger charge is 2.29. The van der Waals surface area contributed by atoms with Crippen molar-refractivity contribution in [1.29, 1.82) is 0 Å². The normalized spacial score (nSPS) is 11.7. The molecule has 2 rings (SSSR count). The summed E-state index contributed by atoms with van der Waals surface area (Å²) < 4.78 is 4.85. The van der Waals surface area contributed by atoms with Crippen molar-refractivity contribution in [3.8, 4) is 0 Å². The largest absolute Gasteiger partial charge is 0.467 e. The van der Waals surface area contributed by atoms with E-state index in [1.54, 1.807) is 11.8 Å². The van der Waals surface area contributed by atoms with Gasteiger partial charge in [-0.1, -0.05) is 42.5 Å². The number of benzene rings is 2. The number of aryl methyl sites for hydroxylation is 1. The van der Waals surface area contributed by atoms with Crippen molar-refractivity contribution in [2.45, 2.75) is 33.2 Å². The first-order valence-electron chi connectivity index (χ1n) is 7.95. The van der Waals surface area contributed by atoms with E-state index >= 15 is 0 Å². The molecule has 0 aromatic heterocycles. The van der Waals surface area contributed by atoms with E-state index in [0.29, 0.717) is 0 Å². The second kappa shape index (κ2) is 7.77. The minimum Gasteiger partial charge on any atom is -0.467 e. The molecule has 0 aliphatic carbocycles. The Bertz CT molecular complexity index is 725. The van der Waals surface area contributed by atoms with Gasteiger partial charge in [0, 0.05) is 5.69 Å². The summed E-state index contributed by atoms with van der Waals surface area (Å²) in [6.45, 7) is 5.63. The molecule has 0 N–H and O–H groups in total. The minimum atomic E-state index is -0.688. The average molecular weight is 325 g/mol. The first kappa shape index (κ1) is 17.7. The van der Waals surface area contributed by atoms with Gasteiger partial charge in [-0.05, 0) is 43.5 Å². The van der Waals surface area contributed by atoms with Gasteiger partial charge in [0.1, 0.15) is 6.04 Å². The first-order chi connectivity index (χ1) is 11.5. The van der Waals surface area contributed by atoms with Gasteiger partial charge in [-0.3, -0.25) is 9.69 Å². The van der Waals surface area contributed by atoms with Gasteiger partial charge in [0.25, 0.3) is 0 Å². The van der Waals surface area contributed by atoms with Crippen LogP contribution in [0.3, 0.4) is 0 Å². The van der Waals surface area contributed by atoms with Crippen LogP contribution >= 0.6 is 0 Å². The smallest absolute Gasteiger partial charge is 0.328 e. The van der Waals surface area contributed by atoms with E-state index in [0.717, 1.165) is 22.4 Å². The Morgan fingerprint density at radius 3 is 2.33 bits per heavy atom. The Morgan fingerprint density at radius 2 is 1.71 bits per heavy atom. The van der Waals surface area contributed by atoms with Crippen molar-refractivity contribution in [1.82, 2.24) is 0 Å². The van der Waals surface area contributed by atoms with Crippen LogP contribution in [0.25, 0.3) is 0 Å². The average Bonchev–Trinajstić information content (AvgIpc) is 2.58. The predicted octanol–water partition coefficient (Wildman–Crippen LogP) is 3.44. The maximum absolute atomic E-state index is 13.0. The lowest BCUT2D eigenvalue weighted by Gasteiger charge is -2.29. The Morgan fingerprint density at radius 1 is 1.04 bits per heavy atom. The quantitative estimate of drug-likeness (QED) is 0.791. The number of amides is 1. The summed E-state index contributed by atoms with van der Waals surface area (Å²) in [7, 11) is 1.34. The Hall–Kier alpha value is -2.62. The van der Waals surface area contributed by atoms with Crippen molar-refractivity contribution in [3.05, 3.63) is 65.2 Å². The van der Waals surface area contributed by atoms with Crippen LogP contribution in [-0.2, 0) is 20.7 Å². The highest BCUT2D eigenvalue weighted by atomic mass is 16.5. The van der Waals surface area contributed by atoms with Gasteiger partial charge in [-0.2, -0.15) is 0 Å². The van der Waals surface area contributed by atoms with Gasteiger partial charge >= 0.3 is 5.97 Å². The molecular formula is C20H23NO3. The maximum atomic E-state index is 13.0. The van der Waals surface area contributed by atoms with Gasteiger partial charge in [0.15, 0.2) is 0 Å². The first-order valence-corrected chi connectivity index (χ1v) is 7.95. The van der Waals surface area contributed by atoms with E-state index in [9.17, 15) is 9.59 Å². The molecule has 4 heteroatoms. The van der Waals surface area contributed by atoms with Crippen molar-refractivity contribution in [3.63, 3.8) is 0 Å². The molecule has 126 valence electrons. The molecule has 0 aliphatic heterocycles. The summed E-state index contributed by atoms with van der Waals surface area (Å²) in [5, 5.41) is 0. The van der Waals surface area contributed by atoms with Crippen molar-refractivity contribution < 1.29 is 14.3 Å². The van der Waals surface area contributed by atoms with E-state index in [4.69, 9.17) is 4.74 Å². The molecule has 4 nitrogen and oxygen atoms in total. The number of hydrogen-bond donors (Lipinski definition) is 0. The number of carbonyl (C=O) groups is 2. The highest BCUT2D eigenvalue weighted by molar-refractivity contribution is 6.01. The van der Waals surface area contributed by atoms with E-state index in [-0.39, 0.29) is 12.3 Å². The van der Waals surface area contributed by atoms with Crippen molar-refractivity contribution in [2.75, 3.05) is 12.0 Å². The summed E-state index contributed by atoms with van der Waals surface area (Å²) in [5.41, 5.74) is 3.71. The third-order valence-corrected chi connectivity index (χ3v) is 4.23. The molecule has 0 aliphatic rings. The molecule has 0 spiro atoms. The van der Waals surface area contributed by atoms with Crippen LogP contribution in [0.5, 0.6) is 0 Å². The lowest BCUT2D eigenvalue weighted by Crippen LogP contribution is -2.45. The minimum absolute atomic E-state index is 0.132. The SMILES string of the molecule is COC(=O)C(C)N(C(=O)Cc1ccccc1)c1cccc(C)c1C. The van der Waals surface area contributed by atoms with E-state index in [2.05, 4.69) is 0 Å². The number of anilines is 1. The molecule has 2 aromatic carbocycles. The zero-order chi connectivity index (χ0) is 17.7. The summed E-state index contributed by atoms with van der Waals surface area (Å²) in [5.74, 6) is -0.565. The molecular weight excluding hydrogens is 302 g/mol. The molecule has 24 heavy (non-hydrogen) atoms. The third kappa shape index (κ3) is 3.82. The van der Waals surface area contributed by atoms with Gasteiger partial charge in [0.2, 0.25) is 5.91 Å². The lowest BCUT2D eigenvalue weighted by molar-refractivity contribution is -0.143. The number of hydrogen-bond acceptors (Lipinski definition) is 3. The Kier molecular flexibility index (Phi) is 5.74. The molecule has 0 bridgehead atoms. The Balaban J connectivity index is 2.41. The van der Waals surface area contributed by atoms with Crippen LogP contribution in [0.2, 0.25) is 0 Å². The molecule has 2 aromatic rings. The number of carbonyl (C=O) groups excluding carboxylic acids is 2. The molecule has 0 radical (unpaired) electrons. The monoisotopic (exact) mass is 325 g/mol. The van der Waals surface area contributed by atoms with Crippen LogP contribution in [0.1, 0.15) is 23.6 Å². The van der Waals surface area contributed by atoms with Gasteiger partial charge in [0.05, 0.1) is 13.5 Å². The lowest BCUT2D eigenvalue weighted by atomic mass is 10.0. The topological polar surface area (TPSA) is 46.6 Å². The highest BCUT2D eigenvalue weighted by Crippen LogP contribution is 2.26. The summed E-state index contributed by atoms with van der Waals surface area (Å²) in [4.78, 5) is 26.6. The summed E-state index contributed by atoms with van der Waals surface area (Å²) >= 11 is 0. The predicted molar refractivity (Wildman–Crippen MR) is 95.0 cm³/mol. The number of esters is 1. The zero-order valence-corrected chi connectivity index (χ0v) is 14.6. The van der Waals surface area contributed by atoms with Crippen LogP contribution in [0, 0.1) is 13.8 Å². The number of methoxy groups -OCH3 is 1. The molecule has 0 fully saturated rings. The van der Waals surface area contributed by atoms with E-state index in [1.165, 1.54) is 7.11 Å². The van der Waals surface area contributed by atoms with Crippen molar-refractivity contribution in [2.24, 2.45) is 0 Å². The van der Waals surface area contributed by atoms with Crippen LogP contribution in [-0.4, -0.2) is 25.0 Å². The van der Waals surface area contributed by atoms with Crippen molar-refractivity contribution >= 4 is 17.6 Å². The summed E-state index contributed by atoms with van der Waals surface area (Å²) in [6, 6.07) is 14.6. The molecule has 1 amide bonds. The number of ether oxygens (including phenoxy) is 1. The maximum Gasteiger partial charge on any atom is 0.328 e. The molecule has 0 saturated heterocycles. The van der Waals surface area contributed by atoms with Crippen LogP contribution < -0.4 is 4.90 Å². The number of nitrogens with zero attached hydrogens (tertiary/aromatic N) is 1. The second-order valence-electron chi connectivity index (χ2n) is 5.84. The fraction of sp³-hybridized carbons (Fsp3) is 0.300. The van der Waals surface area contributed by atoms with Crippen LogP contribution in [0.4, 0.5) is 5.69 Å². The van der Waals surface area contributed by atoms with E-state index in [1.807, 2.05) is 62.4 Å². The van der Waals surface area contributed by atoms with Gasteiger partial charge < -0.3 is 4.74 Å². The molecule has 1 atom stereocenters. The third-order valence-electron chi connectivity index (χ3n) is 4.23. The van der Waals surface area contributed by atoms with E-state index < -0.39 is 12.0 Å². The Labute approximate surface area is 143 Å². The molecule has 0 heterocycles. The van der Waals surface area contributed by atoms with Gasteiger partial charge in [-0.15, -0.1) is 0 Å². The standard InChI is InChI=1S/C20H23NO3/c1-14-9-8-12-18(15(14)2)21(16(3)20(23)24-4)19(22)13-17-10-6-5-7-11-17/h5-12,16H,13H2,1-4H3. The zero-order valence-electron chi connectivity index (χ0n) is 14.6. The fourth-order valence-corrected chi connectivity index (χ4v) is 2.69. The second-order valence-corrected chi connectivity index (χ2v) is 5.84. The van der Waals surface area contributed by atoms with Gasteiger partial charge in [-0.25, -0.2) is 4.79 Å².